The van der Waals surface area contributed by atoms with E-state index in [0.717, 1.165) is 6.07 Å². The van der Waals surface area contributed by atoms with Crippen molar-refractivity contribution in [2.75, 3.05) is 13.1 Å². The molecule has 0 amide bonds. The smallest absolute Gasteiger partial charge is 0.129 e. The minimum absolute atomic E-state index is 0.239. The molecule has 0 saturated heterocycles. The molecule has 0 aliphatic heterocycles. The van der Waals surface area contributed by atoms with Gasteiger partial charge in [0.1, 0.15) is 11.6 Å². The topological polar surface area (TPSA) is 35.8 Å². The van der Waals surface area contributed by atoms with Gasteiger partial charge in [0, 0.05) is 12.6 Å². The number of halogens is 2. The van der Waals surface area contributed by atoms with E-state index in [9.17, 15) is 8.78 Å². The number of rotatable bonds is 4. The number of nitriles is 1. The molecule has 1 rings (SSSR count). The van der Waals surface area contributed by atoms with E-state index in [1.165, 1.54) is 12.1 Å². The number of nitrogens with one attached hydrogen (secondary N) is 1. The molecule has 0 heterocycles. The lowest BCUT2D eigenvalue weighted by molar-refractivity contribution is 0.569. The second-order valence-corrected chi connectivity index (χ2v) is 2.82. The van der Waals surface area contributed by atoms with Crippen LogP contribution in [-0.2, 0) is 6.42 Å². The predicted molar refractivity (Wildman–Crippen MR) is 48.5 cm³/mol. The van der Waals surface area contributed by atoms with E-state index in [4.69, 9.17) is 5.26 Å². The summed E-state index contributed by atoms with van der Waals surface area (Å²) in [5.41, 5.74) is 0.455. The van der Waals surface area contributed by atoms with Crippen LogP contribution in [0.1, 0.15) is 5.56 Å². The van der Waals surface area contributed by atoms with Crippen molar-refractivity contribution >= 4 is 0 Å². The van der Waals surface area contributed by atoms with Gasteiger partial charge in [0.2, 0.25) is 0 Å². The second-order valence-electron chi connectivity index (χ2n) is 2.82. The average molecular weight is 196 g/mol. The van der Waals surface area contributed by atoms with Crippen molar-refractivity contribution in [3.8, 4) is 6.07 Å². The lowest BCUT2D eigenvalue weighted by Crippen LogP contribution is -2.17. The first-order valence-corrected chi connectivity index (χ1v) is 4.25. The molecule has 0 radical (unpaired) electrons. The van der Waals surface area contributed by atoms with Crippen molar-refractivity contribution in [2.24, 2.45) is 0 Å². The van der Waals surface area contributed by atoms with E-state index in [1.807, 2.05) is 6.07 Å². The third-order valence-corrected chi connectivity index (χ3v) is 1.79. The Hall–Kier alpha value is -1.47. The predicted octanol–water partition coefficient (Wildman–Crippen LogP) is 1.62. The molecule has 14 heavy (non-hydrogen) atoms. The normalized spacial score (nSPS) is 9.79. The summed E-state index contributed by atoms with van der Waals surface area (Å²) in [5, 5.41) is 11.0. The molecular formula is C10H10F2N2. The molecule has 0 unspecified atom stereocenters. The maximum absolute atomic E-state index is 13.0. The Morgan fingerprint density at radius 2 is 2.14 bits per heavy atom. The molecule has 74 valence electrons. The van der Waals surface area contributed by atoms with Crippen LogP contribution in [0.5, 0.6) is 0 Å². The van der Waals surface area contributed by atoms with Gasteiger partial charge in [0.05, 0.1) is 12.6 Å². The van der Waals surface area contributed by atoms with Gasteiger partial charge in [0.25, 0.3) is 0 Å². The quantitative estimate of drug-likeness (QED) is 0.586. The SMILES string of the molecule is N#CCNCCc1ccc(F)cc1F. The largest absolute Gasteiger partial charge is 0.304 e. The van der Waals surface area contributed by atoms with Crippen LogP contribution in [0.15, 0.2) is 18.2 Å². The summed E-state index contributed by atoms with van der Waals surface area (Å²) >= 11 is 0. The highest BCUT2D eigenvalue weighted by atomic mass is 19.1. The zero-order valence-electron chi connectivity index (χ0n) is 7.56. The van der Waals surface area contributed by atoms with Crippen LogP contribution in [0.25, 0.3) is 0 Å². The van der Waals surface area contributed by atoms with E-state index in [-0.39, 0.29) is 6.54 Å². The summed E-state index contributed by atoms with van der Waals surface area (Å²) in [4.78, 5) is 0. The maximum atomic E-state index is 13.0. The van der Waals surface area contributed by atoms with E-state index < -0.39 is 11.6 Å². The number of benzene rings is 1. The average Bonchev–Trinajstić information content (AvgIpc) is 2.15. The van der Waals surface area contributed by atoms with Crippen LogP contribution >= 0.6 is 0 Å². The van der Waals surface area contributed by atoms with Crippen molar-refractivity contribution in [1.29, 1.82) is 5.26 Å². The van der Waals surface area contributed by atoms with Crippen molar-refractivity contribution in [2.45, 2.75) is 6.42 Å². The van der Waals surface area contributed by atoms with E-state index in [0.29, 0.717) is 18.5 Å². The highest BCUT2D eigenvalue weighted by molar-refractivity contribution is 5.18. The first-order chi connectivity index (χ1) is 6.74. The molecule has 4 heteroatoms. The molecular weight excluding hydrogens is 186 g/mol. The summed E-state index contributed by atoms with van der Waals surface area (Å²) in [7, 11) is 0. The highest BCUT2D eigenvalue weighted by Gasteiger charge is 2.02. The van der Waals surface area contributed by atoms with Crippen molar-refractivity contribution in [3.63, 3.8) is 0 Å². The van der Waals surface area contributed by atoms with Gasteiger partial charge in [-0.15, -0.1) is 0 Å². The Balaban J connectivity index is 2.47. The fraction of sp³-hybridized carbons (Fsp3) is 0.300. The van der Waals surface area contributed by atoms with Gasteiger partial charge in [-0.2, -0.15) is 5.26 Å². The maximum Gasteiger partial charge on any atom is 0.129 e. The first-order valence-electron chi connectivity index (χ1n) is 4.25. The highest BCUT2D eigenvalue weighted by Crippen LogP contribution is 2.09. The zero-order valence-corrected chi connectivity index (χ0v) is 7.56. The van der Waals surface area contributed by atoms with Crippen molar-refractivity contribution in [1.82, 2.24) is 5.32 Å². The van der Waals surface area contributed by atoms with Gasteiger partial charge >= 0.3 is 0 Å². The molecule has 0 bridgehead atoms. The van der Waals surface area contributed by atoms with Crippen LogP contribution in [0.4, 0.5) is 8.78 Å². The third-order valence-electron chi connectivity index (χ3n) is 1.79. The van der Waals surface area contributed by atoms with Gasteiger partial charge in [-0.3, -0.25) is 0 Å². The monoisotopic (exact) mass is 196 g/mol. The molecule has 0 saturated carbocycles. The summed E-state index contributed by atoms with van der Waals surface area (Å²) < 4.78 is 25.5. The number of hydrogen-bond donors (Lipinski definition) is 1. The summed E-state index contributed by atoms with van der Waals surface area (Å²) in [6.45, 7) is 0.749. The van der Waals surface area contributed by atoms with Gasteiger partial charge in [-0.25, -0.2) is 8.78 Å². The first kappa shape index (κ1) is 10.6. The number of hydrogen-bond acceptors (Lipinski definition) is 2. The van der Waals surface area contributed by atoms with E-state index in [2.05, 4.69) is 5.32 Å². The van der Waals surface area contributed by atoms with Crippen LogP contribution in [-0.4, -0.2) is 13.1 Å². The van der Waals surface area contributed by atoms with Crippen LogP contribution in [0.2, 0.25) is 0 Å². The molecule has 0 atom stereocenters. The summed E-state index contributed by atoms with van der Waals surface area (Å²) in [6.07, 6.45) is 0.452. The number of nitrogens with zero attached hydrogens (tertiary/aromatic N) is 1. The molecule has 0 aliphatic carbocycles. The van der Waals surface area contributed by atoms with Crippen molar-refractivity contribution < 1.29 is 8.78 Å². The van der Waals surface area contributed by atoms with Crippen LogP contribution in [0, 0.1) is 23.0 Å². The molecule has 0 spiro atoms. The zero-order chi connectivity index (χ0) is 10.4. The summed E-state index contributed by atoms with van der Waals surface area (Å²) in [5.74, 6) is -1.11. The molecule has 1 aromatic rings. The van der Waals surface area contributed by atoms with Gasteiger partial charge in [-0.1, -0.05) is 6.07 Å². The lowest BCUT2D eigenvalue weighted by atomic mass is 10.1. The Labute approximate surface area is 81.2 Å². The minimum atomic E-state index is -0.573. The van der Waals surface area contributed by atoms with Gasteiger partial charge < -0.3 is 5.32 Å². The third kappa shape index (κ3) is 3.11. The second kappa shape index (κ2) is 5.30. The Bertz CT molecular complexity index is 344. The molecule has 2 nitrogen and oxygen atoms in total. The molecule has 1 aromatic carbocycles. The van der Waals surface area contributed by atoms with E-state index in [1.54, 1.807) is 0 Å². The lowest BCUT2D eigenvalue weighted by Gasteiger charge is -2.02. The Kier molecular flexibility index (Phi) is 4.02. The molecule has 0 aliphatic rings. The Morgan fingerprint density at radius 3 is 2.79 bits per heavy atom. The molecule has 0 fully saturated rings. The fourth-order valence-corrected chi connectivity index (χ4v) is 1.09. The minimum Gasteiger partial charge on any atom is -0.304 e. The Morgan fingerprint density at radius 1 is 1.36 bits per heavy atom. The van der Waals surface area contributed by atoms with Gasteiger partial charge in [0.15, 0.2) is 0 Å². The van der Waals surface area contributed by atoms with Crippen LogP contribution < -0.4 is 5.32 Å². The van der Waals surface area contributed by atoms with Crippen molar-refractivity contribution in [3.05, 3.63) is 35.4 Å². The fourth-order valence-electron chi connectivity index (χ4n) is 1.09. The van der Waals surface area contributed by atoms with Gasteiger partial charge in [-0.05, 0) is 18.1 Å². The standard InChI is InChI=1S/C10H10F2N2/c11-9-2-1-8(10(12)7-9)3-5-14-6-4-13/h1-2,7,14H,3,5-6H2. The molecule has 0 aromatic heterocycles. The molecule has 1 N–H and O–H groups in total. The van der Waals surface area contributed by atoms with E-state index >= 15 is 0 Å². The van der Waals surface area contributed by atoms with Crippen LogP contribution in [0.3, 0.4) is 0 Å². The summed E-state index contributed by atoms with van der Waals surface area (Å²) in [6, 6.07) is 5.41.